The highest BCUT2D eigenvalue weighted by Gasteiger charge is 2.41. The summed E-state index contributed by atoms with van der Waals surface area (Å²) >= 11 is 0. The van der Waals surface area contributed by atoms with Gasteiger partial charge in [0.25, 0.3) is 11.5 Å². The van der Waals surface area contributed by atoms with E-state index in [0.717, 1.165) is 42.9 Å². The predicted octanol–water partition coefficient (Wildman–Crippen LogP) is 3.01. The fourth-order valence-corrected chi connectivity index (χ4v) is 3.82. The Hall–Kier alpha value is -4.66. The van der Waals surface area contributed by atoms with E-state index in [9.17, 15) is 31.9 Å². The summed E-state index contributed by atoms with van der Waals surface area (Å²) in [5.74, 6) is -2.28. The molecule has 2 aromatic heterocycles. The molecule has 0 aliphatic carbocycles. The van der Waals surface area contributed by atoms with Crippen molar-refractivity contribution in [3.63, 3.8) is 0 Å². The van der Waals surface area contributed by atoms with Gasteiger partial charge in [0.2, 0.25) is 5.91 Å². The van der Waals surface area contributed by atoms with Gasteiger partial charge in [-0.1, -0.05) is 0 Å². The molecule has 1 aromatic carbocycles. The number of carbonyl (C=O) groups is 2. The van der Waals surface area contributed by atoms with E-state index in [1.54, 1.807) is 0 Å². The van der Waals surface area contributed by atoms with Crippen LogP contribution in [0.25, 0.3) is 0 Å². The number of halogens is 4. The molecule has 0 unspecified atom stereocenters. The van der Waals surface area contributed by atoms with Crippen molar-refractivity contribution in [2.45, 2.75) is 19.1 Å². The minimum atomic E-state index is -4.70. The van der Waals surface area contributed by atoms with Gasteiger partial charge in [-0.2, -0.15) is 18.3 Å². The van der Waals surface area contributed by atoms with Gasteiger partial charge in [0.15, 0.2) is 0 Å². The molecule has 3 N–H and O–H groups in total. The van der Waals surface area contributed by atoms with Crippen LogP contribution in [-0.2, 0) is 22.3 Å². The Morgan fingerprint density at radius 1 is 1.25 bits per heavy atom. The summed E-state index contributed by atoms with van der Waals surface area (Å²) in [7, 11) is 1.24. The number of ether oxygens (including phenoxy) is 2. The van der Waals surface area contributed by atoms with E-state index in [4.69, 9.17) is 9.47 Å². The van der Waals surface area contributed by atoms with Crippen molar-refractivity contribution in [3.8, 4) is 5.75 Å². The number of H-pyrrole nitrogens is 1. The molecule has 1 fully saturated rings. The molecule has 40 heavy (non-hydrogen) atoms. The van der Waals surface area contributed by atoms with Crippen LogP contribution in [0, 0.1) is 11.2 Å². The largest absolute Gasteiger partial charge is 0.497 e. The standard InChI is InChI=1S/C25H22F4N6O5/c1-39-16-2-3-19(17(8-16)25(27,28)29)34-15-7-18(26)20(30-10-15)11-31-23(38)24(4-5-40-13-24)12-32-22(37)14-6-21(36)35-33-9-14/h2-3,6-10,12,34H,4-5,11,13H2,1H3,(H,31,38)(H,35,36)/t24-/m0/s1. The van der Waals surface area contributed by atoms with E-state index < -0.39 is 40.3 Å². The SMILES string of the molecule is COc1ccc(Nc2cnc(CNC(=O)[C@]3(C=NC(=O)c4cn[nH]c(=O)c4)CCOC3)c(F)c2)c(C(F)(F)F)c1. The Labute approximate surface area is 223 Å². The Bertz CT molecular complexity index is 1500. The lowest BCUT2D eigenvalue weighted by Crippen LogP contribution is -2.43. The lowest BCUT2D eigenvalue weighted by Gasteiger charge is -2.21. The number of carbonyl (C=O) groups excluding carboxylic acids is 2. The van der Waals surface area contributed by atoms with Crippen molar-refractivity contribution in [2.24, 2.45) is 10.4 Å². The summed E-state index contributed by atoms with van der Waals surface area (Å²) in [4.78, 5) is 44.4. The molecule has 0 bridgehead atoms. The number of methoxy groups -OCH3 is 1. The van der Waals surface area contributed by atoms with Crippen molar-refractivity contribution >= 4 is 29.4 Å². The Kier molecular flexibility index (Phi) is 8.23. The second-order valence-corrected chi connectivity index (χ2v) is 8.73. The van der Waals surface area contributed by atoms with Gasteiger partial charge >= 0.3 is 6.18 Å². The van der Waals surface area contributed by atoms with E-state index in [-0.39, 0.29) is 54.6 Å². The average Bonchev–Trinajstić information content (AvgIpc) is 3.41. The molecule has 1 aliphatic rings. The molecule has 0 radical (unpaired) electrons. The average molecular weight is 562 g/mol. The van der Waals surface area contributed by atoms with Crippen molar-refractivity contribution in [2.75, 3.05) is 25.6 Å². The molecule has 210 valence electrons. The monoisotopic (exact) mass is 562 g/mol. The highest BCUT2D eigenvalue weighted by atomic mass is 19.4. The van der Waals surface area contributed by atoms with Crippen molar-refractivity contribution in [3.05, 3.63) is 75.7 Å². The van der Waals surface area contributed by atoms with Crippen LogP contribution in [0.2, 0.25) is 0 Å². The summed E-state index contributed by atoms with van der Waals surface area (Å²) in [5.41, 5.74) is -3.58. The van der Waals surface area contributed by atoms with Crippen LogP contribution in [0.15, 0.2) is 52.5 Å². The lowest BCUT2D eigenvalue weighted by atomic mass is 9.87. The van der Waals surface area contributed by atoms with Crippen LogP contribution >= 0.6 is 0 Å². The summed E-state index contributed by atoms with van der Waals surface area (Å²) in [6, 6.07) is 5.24. The Morgan fingerprint density at radius 2 is 2.05 bits per heavy atom. The smallest absolute Gasteiger partial charge is 0.418 e. The summed E-state index contributed by atoms with van der Waals surface area (Å²) in [5, 5.41) is 10.7. The zero-order chi connectivity index (χ0) is 28.9. The number of hydrogen-bond acceptors (Lipinski definition) is 8. The number of rotatable bonds is 8. The third kappa shape index (κ3) is 6.48. The molecule has 0 saturated carbocycles. The van der Waals surface area contributed by atoms with Crippen LogP contribution in [0.3, 0.4) is 0 Å². The highest BCUT2D eigenvalue weighted by molar-refractivity contribution is 6.05. The second-order valence-electron chi connectivity index (χ2n) is 8.73. The molecular weight excluding hydrogens is 540 g/mol. The number of pyridine rings is 1. The number of aliphatic imine (C=N–C) groups is 1. The first-order valence-corrected chi connectivity index (χ1v) is 11.7. The summed E-state index contributed by atoms with van der Waals surface area (Å²) < 4.78 is 65.4. The van der Waals surface area contributed by atoms with Crippen molar-refractivity contribution in [1.82, 2.24) is 20.5 Å². The number of aromatic amines is 1. The normalized spacial score (nSPS) is 17.1. The van der Waals surface area contributed by atoms with Gasteiger partial charge in [-0.05, 0) is 24.6 Å². The minimum absolute atomic E-state index is 0.000404. The molecule has 3 aromatic rings. The maximum absolute atomic E-state index is 14.8. The van der Waals surface area contributed by atoms with Crippen LogP contribution in [-0.4, -0.2) is 53.5 Å². The highest BCUT2D eigenvalue weighted by Crippen LogP contribution is 2.38. The third-order valence-corrected chi connectivity index (χ3v) is 5.99. The molecule has 11 nitrogen and oxygen atoms in total. The van der Waals surface area contributed by atoms with Crippen LogP contribution in [0.5, 0.6) is 5.75 Å². The molecule has 3 heterocycles. The van der Waals surface area contributed by atoms with Crippen molar-refractivity contribution < 1.29 is 36.6 Å². The second kappa shape index (κ2) is 11.6. The first-order chi connectivity index (χ1) is 19.0. The molecule has 1 aliphatic heterocycles. The molecule has 4 rings (SSSR count). The van der Waals surface area contributed by atoms with Gasteiger partial charge in [0.1, 0.15) is 17.0 Å². The van der Waals surface area contributed by atoms with E-state index in [1.165, 1.54) is 13.2 Å². The quantitative estimate of drug-likeness (QED) is 0.280. The van der Waals surface area contributed by atoms with E-state index >= 15 is 0 Å². The van der Waals surface area contributed by atoms with E-state index in [1.807, 2.05) is 0 Å². The Balaban J connectivity index is 1.45. The molecule has 1 saturated heterocycles. The number of aromatic nitrogens is 3. The maximum atomic E-state index is 14.8. The molecular formula is C25H22F4N6O5. The number of amides is 2. The van der Waals surface area contributed by atoms with Gasteiger partial charge in [-0.3, -0.25) is 19.4 Å². The summed E-state index contributed by atoms with van der Waals surface area (Å²) in [6.07, 6.45) is -1.14. The van der Waals surface area contributed by atoms with Gasteiger partial charge in [-0.25, -0.2) is 14.5 Å². The Morgan fingerprint density at radius 3 is 2.70 bits per heavy atom. The lowest BCUT2D eigenvalue weighted by molar-refractivity contribution is -0.137. The van der Waals surface area contributed by atoms with Gasteiger partial charge < -0.3 is 20.1 Å². The van der Waals surface area contributed by atoms with Crippen LogP contribution < -0.4 is 20.9 Å². The number of hydrogen-bond donors (Lipinski definition) is 3. The molecule has 2 amide bonds. The topological polar surface area (TPSA) is 148 Å². The molecule has 0 spiro atoms. The maximum Gasteiger partial charge on any atom is 0.418 e. The van der Waals surface area contributed by atoms with Crippen LogP contribution in [0.4, 0.5) is 28.9 Å². The molecule has 1 atom stereocenters. The zero-order valence-electron chi connectivity index (χ0n) is 20.8. The number of nitrogens with one attached hydrogen (secondary N) is 3. The number of benzene rings is 1. The number of nitrogens with zero attached hydrogens (tertiary/aromatic N) is 3. The van der Waals surface area contributed by atoms with E-state index in [0.29, 0.717) is 0 Å². The van der Waals surface area contributed by atoms with Crippen LogP contribution in [0.1, 0.15) is 28.0 Å². The fraction of sp³-hybridized carbons (Fsp3) is 0.280. The first-order valence-electron chi connectivity index (χ1n) is 11.7. The third-order valence-electron chi connectivity index (χ3n) is 5.99. The summed E-state index contributed by atoms with van der Waals surface area (Å²) in [6.45, 7) is -0.243. The predicted molar refractivity (Wildman–Crippen MR) is 133 cm³/mol. The van der Waals surface area contributed by atoms with Gasteiger partial charge in [0, 0.05) is 25.0 Å². The fourth-order valence-electron chi connectivity index (χ4n) is 3.82. The van der Waals surface area contributed by atoms with Gasteiger partial charge in [0.05, 0.1) is 60.9 Å². The number of alkyl halides is 3. The van der Waals surface area contributed by atoms with Gasteiger partial charge in [-0.15, -0.1) is 0 Å². The van der Waals surface area contributed by atoms with Crippen molar-refractivity contribution in [1.29, 1.82) is 0 Å². The van der Waals surface area contributed by atoms with E-state index in [2.05, 4.69) is 30.8 Å². The molecule has 15 heteroatoms. The zero-order valence-corrected chi connectivity index (χ0v) is 20.8. The first kappa shape index (κ1) is 28.4. The number of anilines is 2. The minimum Gasteiger partial charge on any atom is -0.497 e.